The van der Waals surface area contributed by atoms with Gasteiger partial charge in [0.25, 0.3) is 5.56 Å². The molecule has 0 radical (unpaired) electrons. The number of H-pyrrole nitrogens is 1. The number of nitrogens with two attached hydrogens (primary N) is 2. The van der Waals surface area contributed by atoms with Crippen LogP contribution in [0.2, 0.25) is 0 Å². The van der Waals surface area contributed by atoms with E-state index in [9.17, 15) is 14.3 Å². The predicted molar refractivity (Wildman–Crippen MR) is 86.3 cm³/mol. The molecule has 0 aliphatic carbocycles. The summed E-state index contributed by atoms with van der Waals surface area (Å²) >= 11 is 0. The van der Waals surface area contributed by atoms with E-state index in [2.05, 4.69) is 15.9 Å². The predicted octanol–water partition coefficient (Wildman–Crippen LogP) is -1.31. The van der Waals surface area contributed by atoms with E-state index in [-0.39, 0.29) is 17.0 Å². The zero-order valence-electron chi connectivity index (χ0n) is 13.4. The fourth-order valence-corrected chi connectivity index (χ4v) is 2.17. The number of terminal acetylenes is 1. The first-order valence-corrected chi connectivity index (χ1v) is 6.75. The molecule has 7 N–H and O–H groups in total. The topological polar surface area (TPSA) is 152 Å². The molecule has 3 atom stereocenters. The average molecular weight is 341 g/mol. The molecule has 24 heavy (non-hydrogen) atoms. The molecule has 2 rings (SSSR count). The van der Waals surface area contributed by atoms with Crippen LogP contribution in [-0.2, 0) is 10.4 Å². The Bertz CT molecular complexity index is 812. The van der Waals surface area contributed by atoms with Crippen LogP contribution in [0.15, 0.2) is 11.0 Å². The van der Waals surface area contributed by atoms with Gasteiger partial charge in [-0.2, -0.15) is 4.98 Å². The number of nitrogens with zero attached hydrogens (tertiary/aromatic N) is 2. The largest absolute Gasteiger partial charge is 0.400 e. The maximum absolute atomic E-state index is 14.1. The number of ether oxygens (including phenoxy) is 1. The summed E-state index contributed by atoms with van der Waals surface area (Å²) in [5, 5.41) is 17.0. The van der Waals surface area contributed by atoms with Crippen molar-refractivity contribution in [3.05, 3.63) is 22.4 Å². The zero-order chi connectivity index (χ0) is 18.7. The third-order valence-electron chi connectivity index (χ3n) is 3.53. The van der Waals surface area contributed by atoms with E-state index in [1.54, 1.807) is 6.92 Å². The van der Waals surface area contributed by atoms with Gasteiger partial charge in [0.2, 0.25) is 5.95 Å². The summed E-state index contributed by atoms with van der Waals surface area (Å²) in [6, 6.07) is 0. The summed E-state index contributed by atoms with van der Waals surface area (Å²) in [5.74, 6) is 1.09. The van der Waals surface area contributed by atoms with Crippen LogP contribution < -0.4 is 17.0 Å². The Morgan fingerprint density at radius 1 is 1.58 bits per heavy atom. The van der Waals surface area contributed by atoms with Crippen LogP contribution in [0.3, 0.4) is 0 Å². The lowest BCUT2D eigenvalue weighted by Crippen LogP contribution is -2.56. The maximum Gasteiger partial charge on any atom is 0.264 e. The number of hydrogen-bond donors (Lipinski definition) is 5. The first-order chi connectivity index (χ1) is 11.3. The molecule has 0 saturated carbocycles. The second-order valence-electron chi connectivity index (χ2n) is 4.85. The summed E-state index contributed by atoms with van der Waals surface area (Å²) in [6.07, 6.45) is 4.19. The van der Waals surface area contributed by atoms with Crippen LogP contribution in [0.5, 0.6) is 0 Å². The van der Waals surface area contributed by atoms with Gasteiger partial charge in [-0.25, -0.2) is 4.39 Å². The van der Waals surface area contributed by atoms with E-state index >= 15 is 0 Å². The molecule has 0 bridgehead atoms. The van der Waals surface area contributed by atoms with Gasteiger partial charge >= 0.3 is 0 Å². The molecular weight excluding hydrogens is 321 g/mol. The maximum atomic E-state index is 14.1. The summed E-state index contributed by atoms with van der Waals surface area (Å²) in [5.41, 5.74) is 8.70. The van der Waals surface area contributed by atoms with Crippen molar-refractivity contribution in [2.24, 2.45) is 5.73 Å². The molecule has 2 unspecified atom stereocenters. The molecule has 2 aromatic rings. The number of aromatic amines is 1. The van der Waals surface area contributed by atoms with Crippen LogP contribution in [-0.4, -0.2) is 51.2 Å². The van der Waals surface area contributed by atoms with E-state index in [1.807, 2.05) is 0 Å². The van der Waals surface area contributed by atoms with Gasteiger partial charge in [0.05, 0.1) is 6.10 Å². The first-order valence-electron chi connectivity index (χ1n) is 6.75. The molecule has 0 aliphatic rings. The summed E-state index contributed by atoms with van der Waals surface area (Å²) in [7, 11) is 2.36. The van der Waals surface area contributed by atoms with E-state index in [0.29, 0.717) is 0 Å². The number of halogens is 1. The number of nitrogen functional groups attached to an aromatic ring is 1. The summed E-state index contributed by atoms with van der Waals surface area (Å²) < 4.78 is 20.1. The summed E-state index contributed by atoms with van der Waals surface area (Å²) in [6.45, 7) is 1.54. The Labute approximate surface area is 137 Å². The van der Waals surface area contributed by atoms with Gasteiger partial charge in [-0.3, -0.25) is 20.1 Å². The van der Waals surface area contributed by atoms with Crippen LogP contribution >= 0.6 is 0 Å². The molecule has 132 valence electrons. The molecule has 2 heterocycles. The van der Waals surface area contributed by atoms with Crippen LogP contribution in [0.4, 0.5) is 10.3 Å². The second kappa shape index (κ2) is 7.41. The fourth-order valence-electron chi connectivity index (χ4n) is 2.17. The third-order valence-corrected chi connectivity index (χ3v) is 3.53. The van der Waals surface area contributed by atoms with Gasteiger partial charge < -0.3 is 20.7 Å². The second-order valence-corrected chi connectivity index (χ2v) is 4.85. The number of aliphatic hydroxyl groups excluding tert-OH is 2. The van der Waals surface area contributed by atoms with Gasteiger partial charge in [0.1, 0.15) is 11.5 Å². The van der Waals surface area contributed by atoms with Crippen molar-refractivity contribution in [1.82, 2.24) is 14.5 Å². The molecule has 2 aromatic heterocycles. The third kappa shape index (κ3) is 3.10. The minimum absolute atomic E-state index is 0.165. The van der Waals surface area contributed by atoms with Crippen molar-refractivity contribution in [2.45, 2.75) is 24.8 Å². The first kappa shape index (κ1) is 19.6. The number of anilines is 1. The van der Waals surface area contributed by atoms with Gasteiger partial charge in [0.15, 0.2) is 17.1 Å². The molecule has 0 saturated heterocycles. The standard InChI is InChI=1S/C13H16FN5O3.CH4O/c1-4-13(16,9(20)6(2)22-3)19-5-7(14)8-10(19)17-12(15)18-11(8)21;1-2/h1,5-6,9,20H,16H2,2-3H3,(H3,15,17,18,21);2H,1H3/t6?,9?,13-;/m0./s1. The highest BCUT2D eigenvalue weighted by Crippen LogP contribution is 2.25. The SMILES string of the molecule is C#C[C@@](N)(C(O)C(C)OC)n1cc(F)c2c(=O)[nH]c(N)nc21.CO. The Balaban J connectivity index is 0.00000139. The van der Waals surface area contributed by atoms with E-state index in [1.165, 1.54) is 7.11 Å². The molecule has 9 nitrogen and oxygen atoms in total. The molecule has 10 heteroatoms. The van der Waals surface area contributed by atoms with Crippen LogP contribution in [0.25, 0.3) is 11.0 Å². The number of aromatic nitrogens is 3. The highest BCUT2D eigenvalue weighted by molar-refractivity contribution is 5.77. The quantitative estimate of drug-likeness (QED) is 0.433. The number of fused-ring (bicyclic) bond motifs is 1. The van der Waals surface area contributed by atoms with Crippen molar-refractivity contribution in [3.63, 3.8) is 0 Å². The van der Waals surface area contributed by atoms with E-state index in [4.69, 9.17) is 27.7 Å². The van der Waals surface area contributed by atoms with Crippen molar-refractivity contribution in [1.29, 1.82) is 0 Å². The fraction of sp³-hybridized carbons (Fsp3) is 0.429. The minimum Gasteiger partial charge on any atom is -0.400 e. The van der Waals surface area contributed by atoms with E-state index < -0.39 is 29.2 Å². The highest BCUT2D eigenvalue weighted by atomic mass is 19.1. The van der Waals surface area contributed by atoms with Gasteiger partial charge in [-0.15, -0.1) is 6.42 Å². The molecule has 0 aliphatic heterocycles. The van der Waals surface area contributed by atoms with Gasteiger partial charge in [-0.05, 0) is 6.92 Å². The molecule has 0 amide bonds. The number of hydrogen-bond acceptors (Lipinski definition) is 7. The highest BCUT2D eigenvalue weighted by Gasteiger charge is 2.40. The Morgan fingerprint density at radius 3 is 2.67 bits per heavy atom. The lowest BCUT2D eigenvalue weighted by molar-refractivity contribution is -0.0461. The molecule has 0 fully saturated rings. The van der Waals surface area contributed by atoms with Gasteiger partial charge in [0, 0.05) is 20.4 Å². The summed E-state index contributed by atoms with van der Waals surface area (Å²) in [4.78, 5) is 17.8. The van der Waals surface area contributed by atoms with Gasteiger partial charge in [-0.1, -0.05) is 5.92 Å². The smallest absolute Gasteiger partial charge is 0.264 e. The Hall–Kier alpha value is -2.45. The Morgan fingerprint density at radius 2 is 2.17 bits per heavy atom. The number of nitrogens with one attached hydrogen (secondary N) is 1. The number of aliphatic hydroxyl groups is 2. The lowest BCUT2D eigenvalue weighted by Gasteiger charge is -2.33. The van der Waals surface area contributed by atoms with Crippen molar-refractivity contribution in [3.8, 4) is 12.3 Å². The van der Waals surface area contributed by atoms with Crippen LogP contribution in [0, 0.1) is 18.2 Å². The molecular formula is C14H20FN5O4. The van der Waals surface area contributed by atoms with E-state index in [0.717, 1.165) is 17.9 Å². The van der Waals surface area contributed by atoms with Crippen LogP contribution in [0.1, 0.15) is 6.92 Å². The lowest BCUT2D eigenvalue weighted by atomic mass is 10.00. The van der Waals surface area contributed by atoms with Crippen molar-refractivity contribution in [2.75, 3.05) is 20.0 Å². The Kier molecular flexibility index (Phi) is 6.05. The molecule has 0 aromatic carbocycles. The number of methoxy groups -OCH3 is 1. The number of rotatable bonds is 4. The minimum atomic E-state index is -1.88. The normalized spacial score (nSPS) is 15.8. The zero-order valence-corrected chi connectivity index (χ0v) is 13.4. The van der Waals surface area contributed by atoms with Crippen molar-refractivity contribution >= 4 is 17.0 Å². The molecule has 0 spiro atoms. The monoisotopic (exact) mass is 341 g/mol. The van der Waals surface area contributed by atoms with Crippen molar-refractivity contribution < 1.29 is 19.3 Å². The average Bonchev–Trinajstić information content (AvgIpc) is 2.91.